The van der Waals surface area contributed by atoms with Gasteiger partial charge in [0.05, 0.1) is 10.7 Å². The van der Waals surface area contributed by atoms with Gasteiger partial charge in [-0.2, -0.15) is 4.98 Å². The predicted octanol–water partition coefficient (Wildman–Crippen LogP) is 5.54. The standard InChI is InChI=1S/C19H19ClN4/c1-12-9-13(2)18(16(20)10-12)23-17-11-14(3)21-19(24-17)22-15-7-5-4-6-8-15/h4-11H,1-3H3,(H2,21,22,23,24). The SMILES string of the molecule is Cc1cc(C)c(Nc2cc(C)nc(Nc3ccccc3)n2)c(Cl)c1. The summed E-state index contributed by atoms with van der Waals surface area (Å²) in [4.78, 5) is 8.97. The number of hydrogen-bond donors (Lipinski definition) is 2. The fourth-order valence-corrected chi connectivity index (χ4v) is 2.91. The minimum Gasteiger partial charge on any atom is -0.339 e. The lowest BCUT2D eigenvalue weighted by molar-refractivity contribution is 1.11. The fourth-order valence-electron chi connectivity index (χ4n) is 2.54. The smallest absolute Gasteiger partial charge is 0.229 e. The number of nitrogens with one attached hydrogen (secondary N) is 2. The molecule has 122 valence electrons. The van der Waals surface area contributed by atoms with Crippen LogP contribution in [0.2, 0.25) is 5.02 Å². The highest BCUT2D eigenvalue weighted by Gasteiger charge is 2.09. The third-order valence-electron chi connectivity index (χ3n) is 3.57. The van der Waals surface area contributed by atoms with E-state index >= 15 is 0 Å². The van der Waals surface area contributed by atoms with Crippen molar-refractivity contribution in [3.8, 4) is 0 Å². The molecular weight excluding hydrogens is 320 g/mol. The van der Waals surface area contributed by atoms with Gasteiger partial charge in [0, 0.05) is 17.4 Å². The van der Waals surface area contributed by atoms with Gasteiger partial charge in [0.25, 0.3) is 0 Å². The molecule has 0 radical (unpaired) electrons. The first kappa shape index (κ1) is 16.3. The van der Waals surface area contributed by atoms with Crippen molar-refractivity contribution in [2.75, 3.05) is 10.6 Å². The highest BCUT2D eigenvalue weighted by Crippen LogP contribution is 2.30. The average Bonchev–Trinajstić information content (AvgIpc) is 2.51. The number of benzene rings is 2. The molecule has 3 rings (SSSR count). The molecule has 4 nitrogen and oxygen atoms in total. The van der Waals surface area contributed by atoms with Gasteiger partial charge in [0.15, 0.2) is 0 Å². The highest BCUT2D eigenvalue weighted by atomic mass is 35.5. The van der Waals surface area contributed by atoms with E-state index in [1.807, 2.05) is 63.2 Å². The summed E-state index contributed by atoms with van der Waals surface area (Å²) in [6, 6.07) is 15.8. The Kier molecular flexibility index (Phi) is 4.67. The molecule has 0 atom stereocenters. The van der Waals surface area contributed by atoms with E-state index in [1.165, 1.54) is 0 Å². The molecule has 24 heavy (non-hydrogen) atoms. The Labute approximate surface area is 146 Å². The fraction of sp³-hybridized carbons (Fsp3) is 0.158. The van der Waals surface area contributed by atoms with Gasteiger partial charge in [-0.05, 0) is 50.1 Å². The van der Waals surface area contributed by atoms with Crippen molar-refractivity contribution < 1.29 is 0 Å². The van der Waals surface area contributed by atoms with E-state index in [0.29, 0.717) is 16.8 Å². The summed E-state index contributed by atoms with van der Waals surface area (Å²) in [6.45, 7) is 5.99. The van der Waals surface area contributed by atoms with Crippen LogP contribution < -0.4 is 10.6 Å². The van der Waals surface area contributed by atoms with Crippen molar-refractivity contribution >= 4 is 34.7 Å². The number of aryl methyl sites for hydroxylation is 3. The molecule has 1 aromatic heterocycles. The van der Waals surface area contributed by atoms with Crippen LogP contribution in [-0.2, 0) is 0 Å². The van der Waals surface area contributed by atoms with Crippen molar-refractivity contribution in [3.63, 3.8) is 0 Å². The third kappa shape index (κ3) is 3.84. The highest BCUT2D eigenvalue weighted by molar-refractivity contribution is 6.33. The van der Waals surface area contributed by atoms with Gasteiger partial charge in [-0.15, -0.1) is 0 Å². The molecule has 0 saturated carbocycles. The van der Waals surface area contributed by atoms with Crippen LogP contribution >= 0.6 is 11.6 Å². The lowest BCUT2D eigenvalue weighted by Crippen LogP contribution is -2.03. The lowest BCUT2D eigenvalue weighted by atomic mass is 10.1. The maximum Gasteiger partial charge on any atom is 0.229 e. The Morgan fingerprint density at radius 3 is 2.33 bits per heavy atom. The van der Waals surface area contributed by atoms with Crippen LogP contribution in [0.5, 0.6) is 0 Å². The molecule has 3 aromatic rings. The summed E-state index contributed by atoms with van der Waals surface area (Å²) >= 11 is 6.37. The molecule has 0 aliphatic rings. The molecule has 0 aliphatic heterocycles. The van der Waals surface area contributed by atoms with E-state index in [-0.39, 0.29) is 0 Å². The Morgan fingerprint density at radius 1 is 0.875 bits per heavy atom. The molecule has 0 amide bonds. The molecule has 5 heteroatoms. The molecular formula is C19H19ClN4. The number of anilines is 4. The van der Waals surface area contributed by atoms with E-state index in [4.69, 9.17) is 11.6 Å². The molecule has 0 spiro atoms. The molecule has 0 unspecified atom stereocenters. The van der Waals surface area contributed by atoms with Gasteiger partial charge in [-0.25, -0.2) is 4.98 Å². The maximum absolute atomic E-state index is 6.37. The predicted molar refractivity (Wildman–Crippen MR) is 101 cm³/mol. The normalized spacial score (nSPS) is 10.5. The van der Waals surface area contributed by atoms with Gasteiger partial charge in [-0.3, -0.25) is 0 Å². The van der Waals surface area contributed by atoms with Gasteiger partial charge in [0.1, 0.15) is 5.82 Å². The van der Waals surface area contributed by atoms with Crippen LogP contribution in [-0.4, -0.2) is 9.97 Å². The summed E-state index contributed by atoms with van der Waals surface area (Å²) < 4.78 is 0. The quantitative estimate of drug-likeness (QED) is 0.655. The Morgan fingerprint density at radius 2 is 1.62 bits per heavy atom. The van der Waals surface area contributed by atoms with Crippen molar-refractivity contribution in [3.05, 3.63) is 70.4 Å². The van der Waals surface area contributed by atoms with Crippen LogP contribution in [0.4, 0.5) is 23.1 Å². The van der Waals surface area contributed by atoms with Gasteiger partial charge in [-0.1, -0.05) is 35.9 Å². The average molecular weight is 339 g/mol. The number of halogens is 1. The van der Waals surface area contributed by atoms with E-state index in [1.54, 1.807) is 0 Å². The number of nitrogens with zero attached hydrogens (tertiary/aromatic N) is 2. The van der Waals surface area contributed by atoms with Crippen LogP contribution in [0.3, 0.4) is 0 Å². The van der Waals surface area contributed by atoms with E-state index < -0.39 is 0 Å². The zero-order valence-corrected chi connectivity index (χ0v) is 14.6. The lowest BCUT2D eigenvalue weighted by Gasteiger charge is -2.13. The zero-order valence-electron chi connectivity index (χ0n) is 13.9. The van der Waals surface area contributed by atoms with E-state index in [2.05, 4.69) is 26.7 Å². The summed E-state index contributed by atoms with van der Waals surface area (Å²) in [5.41, 5.74) is 4.89. The van der Waals surface area contributed by atoms with Crippen LogP contribution in [0.25, 0.3) is 0 Å². The van der Waals surface area contributed by atoms with Crippen molar-refractivity contribution in [2.45, 2.75) is 20.8 Å². The molecule has 1 heterocycles. The number of aromatic nitrogens is 2. The second kappa shape index (κ2) is 6.89. The Bertz CT molecular complexity index is 839. The first-order valence-corrected chi connectivity index (χ1v) is 8.10. The molecule has 0 aliphatic carbocycles. The molecule has 0 saturated heterocycles. The topological polar surface area (TPSA) is 49.8 Å². The van der Waals surface area contributed by atoms with Crippen LogP contribution in [0.1, 0.15) is 16.8 Å². The Balaban J connectivity index is 1.89. The largest absolute Gasteiger partial charge is 0.339 e. The number of hydrogen-bond acceptors (Lipinski definition) is 4. The van der Waals surface area contributed by atoms with E-state index in [9.17, 15) is 0 Å². The maximum atomic E-state index is 6.37. The molecule has 2 aromatic carbocycles. The summed E-state index contributed by atoms with van der Waals surface area (Å²) in [6.07, 6.45) is 0. The number of para-hydroxylation sites is 1. The summed E-state index contributed by atoms with van der Waals surface area (Å²) in [7, 11) is 0. The monoisotopic (exact) mass is 338 g/mol. The minimum atomic E-state index is 0.546. The molecule has 2 N–H and O–H groups in total. The van der Waals surface area contributed by atoms with Crippen LogP contribution in [0, 0.1) is 20.8 Å². The third-order valence-corrected chi connectivity index (χ3v) is 3.87. The van der Waals surface area contributed by atoms with Gasteiger partial charge in [0.2, 0.25) is 5.95 Å². The van der Waals surface area contributed by atoms with E-state index in [0.717, 1.165) is 28.2 Å². The Hall–Kier alpha value is -2.59. The first-order valence-electron chi connectivity index (χ1n) is 7.73. The van der Waals surface area contributed by atoms with Crippen molar-refractivity contribution in [2.24, 2.45) is 0 Å². The number of rotatable bonds is 4. The second-order valence-electron chi connectivity index (χ2n) is 5.77. The van der Waals surface area contributed by atoms with Crippen LogP contribution in [0.15, 0.2) is 48.5 Å². The molecule has 0 bridgehead atoms. The van der Waals surface area contributed by atoms with Gasteiger partial charge >= 0.3 is 0 Å². The summed E-state index contributed by atoms with van der Waals surface area (Å²) in [5, 5.41) is 7.21. The molecule has 0 fully saturated rings. The zero-order chi connectivity index (χ0) is 17.1. The van der Waals surface area contributed by atoms with Crippen molar-refractivity contribution in [1.29, 1.82) is 0 Å². The summed E-state index contributed by atoms with van der Waals surface area (Å²) in [5.74, 6) is 1.25. The first-order chi connectivity index (χ1) is 11.5. The second-order valence-corrected chi connectivity index (χ2v) is 6.18. The van der Waals surface area contributed by atoms with Gasteiger partial charge < -0.3 is 10.6 Å². The minimum absolute atomic E-state index is 0.546. The van der Waals surface area contributed by atoms with Crippen molar-refractivity contribution in [1.82, 2.24) is 9.97 Å².